The Morgan fingerprint density at radius 3 is 2.75 bits per heavy atom. The van der Waals surface area contributed by atoms with E-state index in [-0.39, 0.29) is 23.1 Å². The van der Waals surface area contributed by atoms with Crippen molar-refractivity contribution in [3.8, 4) is 0 Å². The molecule has 1 aromatic rings. The molecule has 2 rings (SSSR count). The first kappa shape index (κ1) is 17.4. The van der Waals surface area contributed by atoms with E-state index in [1.807, 2.05) is 7.05 Å². The van der Waals surface area contributed by atoms with Crippen LogP contribution in [0.1, 0.15) is 12.0 Å². The van der Waals surface area contributed by atoms with Crippen molar-refractivity contribution < 1.29 is 12.8 Å². The molecule has 1 unspecified atom stereocenters. The third-order valence-electron chi connectivity index (χ3n) is 3.51. The van der Waals surface area contributed by atoms with E-state index in [1.165, 1.54) is 22.5 Å². The maximum atomic E-state index is 13.2. The van der Waals surface area contributed by atoms with Crippen molar-refractivity contribution in [3.63, 3.8) is 0 Å². The van der Waals surface area contributed by atoms with Crippen LogP contribution in [-0.2, 0) is 10.0 Å². The summed E-state index contributed by atoms with van der Waals surface area (Å²) < 4.78 is 39.6. The molecule has 1 fully saturated rings. The molecule has 4 nitrogen and oxygen atoms in total. The highest BCUT2D eigenvalue weighted by molar-refractivity contribution is 7.89. The van der Waals surface area contributed by atoms with E-state index < -0.39 is 10.0 Å². The van der Waals surface area contributed by atoms with Gasteiger partial charge in [0.1, 0.15) is 5.82 Å². The lowest BCUT2D eigenvalue weighted by atomic mass is 10.1. The molecule has 1 atom stereocenters. The van der Waals surface area contributed by atoms with E-state index in [2.05, 4.69) is 5.32 Å². The zero-order chi connectivity index (χ0) is 14.0. The molecule has 0 saturated carbocycles. The predicted molar refractivity (Wildman–Crippen MR) is 79.2 cm³/mol. The van der Waals surface area contributed by atoms with Gasteiger partial charge in [-0.25, -0.2) is 12.8 Å². The van der Waals surface area contributed by atoms with Gasteiger partial charge in [0.25, 0.3) is 0 Å². The van der Waals surface area contributed by atoms with Gasteiger partial charge < -0.3 is 5.32 Å². The van der Waals surface area contributed by atoms with Gasteiger partial charge in [-0.3, -0.25) is 0 Å². The van der Waals surface area contributed by atoms with Gasteiger partial charge in [-0.15, -0.1) is 12.4 Å². The molecule has 1 aromatic carbocycles. The topological polar surface area (TPSA) is 49.4 Å². The van der Waals surface area contributed by atoms with Crippen LogP contribution in [-0.4, -0.2) is 39.4 Å². The summed E-state index contributed by atoms with van der Waals surface area (Å²) in [6.07, 6.45) is 0.861. The Morgan fingerprint density at radius 2 is 2.15 bits per heavy atom. The smallest absolute Gasteiger partial charge is 0.243 e. The van der Waals surface area contributed by atoms with Crippen LogP contribution in [0.3, 0.4) is 0 Å². The van der Waals surface area contributed by atoms with Crippen LogP contribution in [0, 0.1) is 18.7 Å². The largest absolute Gasteiger partial charge is 0.319 e. The number of nitrogens with one attached hydrogen (secondary N) is 1. The Balaban J connectivity index is 0.00000200. The number of hydrogen-bond acceptors (Lipinski definition) is 3. The monoisotopic (exact) mass is 322 g/mol. The Kier molecular flexibility index (Phi) is 5.94. The quantitative estimate of drug-likeness (QED) is 0.919. The molecule has 7 heteroatoms. The zero-order valence-corrected chi connectivity index (χ0v) is 13.2. The molecule has 0 amide bonds. The fourth-order valence-electron chi connectivity index (χ4n) is 2.40. The molecular weight excluding hydrogens is 303 g/mol. The SMILES string of the molecule is CNCC1CCN(S(=O)(=O)c2ccc(F)c(C)c2)C1.Cl. The summed E-state index contributed by atoms with van der Waals surface area (Å²) in [7, 11) is -1.63. The number of hydrogen-bond donors (Lipinski definition) is 1. The van der Waals surface area contributed by atoms with Gasteiger partial charge in [0, 0.05) is 13.1 Å². The third-order valence-corrected chi connectivity index (χ3v) is 5.37. The van der Waals surface area contributed by atoms with Crippen molar-refractivity contribution in [2.75, 3.05) is 26.7 Å². The van der Waals surface area contributed by atoms with E-state index in [0.717, 1.165) is 13.0 Å². The van der Waals surface area contributed by atoms with Gasteiger partial charge in [-0.2, -0.15) is 4.31 Å². The second-order valence-corrected chi connectivity index (χ2v) is 6.92. The summed E-state index contributed by atoms with van der Waals surface area (Å²) in [5, 5.41) is 3.07. The lowest BCUT2D eigenvalue weighted by Gasteiger charge is -2.17. The van der Waals surface area contributed by atoms with Crippen molar-refractivity contribution in [3.05, 3.63) is 29.6 Å². The number of benzene rings is 1. The molecule has 1 saturated heterocycles. The van der Waals surface area contributed by atoms with Gasteiger partial charge >= 0.3 is 0 Å². The highest BCUT2D eigenvalue weighted by atomic mass is 35.5. The van der Waals surface area contributed by atoms with Gasteiger partial charge in [-0.05, 0) is 56.6 Å². The van der Waals surface area contributed by atoms with Crippen molar-refractivity contribution in [2.24, 2.45) is 5.92 Å². The molecule has 0 aliphatic carbocycles. The highest BCUT2D eigenvalue weighted by Crippen LogP contribution is 2.25. The molecule has 20 heavy (non-hydrogen) atoms. The van der Waals surface area contributed by atoms with Crippen molar-refractivity contribution in [2.45, 2.75) is 18.2 Å². The second-order valence-electron chi connectivity index (χ2n) is 4.99. The van der Waals surface area contributed by atoms with Crippen molar-refractivity contribution in [1.29, 1.82) is 0 Å². The van der Waals surface area contributed by atoms with Crippen LogP contribution < -0.4 is 5.32 Å². The average molecular weight is 323 g/mol. The van der Waals surface area contributed by atoms with Crippen LogP contribution in [0.25, 0.3) is 0 Å². The molecule has 0 aromatic heterocycles. The number of aryl methyl sites for hydroxylation is 1. The molecule has 1 N–H and O–H groups in total. The predicted octanol–water partition coefficient (Wildman–Crippen LogP) is 1.79. The summed E-state index contributed by atoms with van der Waals surface area (Å²) in [4.78, 5) is 0.177. The van der Waals surface area contributed by atoms with E-state index in [0.29, 0.717) is 24.6 Å². The molecule has 0 radical (unpaired) electrons. The summed E-state index contributed by atoms with van der Waals surface area (Å²) in [5.74, 6) is -0.0326. The van der Waals surface area contributed by atoms with Crippen molar-refractivity contribution >= 4 is 22.4 Å². The van der Waals surface area contributed by atoms with Gasteiger partial charge in [0.2, 0.25) is 10.0 Å². The molecule has 114 valence electrons. The first-order valence-electron chi connectivity index (χ1n) is 6.36. The minimum Gasteiger partial charge on any atom is -0.319 e. The summed E-state index contributed by atoms with van der Waals surface area (Å²) in [5.41, 5.74) is 0.354. The van der Waals surface area contributed by atoms with Crippen LogP contribution >= 0.6 is 12.4 Å². The van der Waals surface area contributed by atoms with Gasteiger partial charge in [0.15, 0.2) is 0 Å². The summed E-state index contributed by atoms with van der Waals surface area (Å²) in [6.45, 7) is 3.45. The van der Waals surface area contributed by atoms with Crippen molar-refractivity contribution in [1.82, 2.24) is 9.62 Å². The summed E-state index contributed by atoms with van der Waals surface area (Å²) >= 11 is 0. The second kappa shape index (κ2) is 6.85. The maximum Gasteiger partial charge on any atom is 0.243 e. The molecular formula is C13H20ClFN2O2S. The Bertz CT molecular complexity index is 565. The molecule has 0 bridgehead atoms. The van der Waals surface area contributed by atoms with Crippen LogP contribution in [0.15, 0.2) is 23.1 Å². The lowest BCUT2D eigenvalue weighted by Crippen LogP contribution is -2.30. The van der Waals surface area contributed by atoms with E-state index in [1.54, 1.807) is 6.92 Å². The third kappa shape index (κ3) is 3.49. The number of halogens is 2. The summed E-state index contributed by atoms with van der Waals surface area (Å²) in [6, 6.07) is 3.95. The minimum absolute atomic E-state index is 0. The van der Waals surface area contributed by atoms with E-state index in [4.69, 9.17) is 0 Å². The first-order chi connectivity index (χ1) is 8.95. The molecule has 1 aliphatic heterocycles. The number of rotatable bonds is 4. The maximum absolute atomic E-state index is 13.2. The molecule has 0 spiro atoms. The Hall–Kier alpha value is -0.690. The van der Waals surface area contributed by atoms with E-state index >= 15 is 0 Å². The van der Waals surface area contributed by atoms with Crippen LogP contribution in [0.4, 0.5) is 4.39 Å². The molecule has 1 heterocycles. The molecule has 1 aliphatic rings. The standard InChI is InChI=1S/C13H19FN2O2S.ClH/c1-10-7-12(3-4-13(10)14)19(17,18)16-6-5-11(9-16)8-15-2;/h3-4,7,11,15H,5-6,8-9H2,1-2H3;1H. The Morgan fingerprint density at radius 1 is 1.45 bits per heavy atom. The number of sulfonamides is 1. The number of nitrogens with zero attached hydrogens (tertiary/aromatic N) is 1. The Labute approximate surface area is 125 Å². The zero-order valence-electron chi connectivity index (χ0n) is 11.6. The van der Waals surface area contributed by atoms with Gasteiger partial charge in [-0.1, -0.05) is 0 Å². The van der Waals surface area contributed by atoms with Crippen LogP contribution in [0.2, 0.25) is 0 Å². The average Bonchev–Trinajstić information content (AvgIpc) is 2.82. The lowest BCUT2D eigenvalue weighted by molar-refractivity contribution is 0.451. The van der Waals surface area contributed by atoms with Crippen LogP contribution in [0.5, 0.6) is 0 Å². The fourth-order valence-corrected chi connectivity index (χ4v) is 4.01. The normalized spacial score (nSPS) is 19.9. The fraction of sp³-hybridized carbons (Fsp3) is 0.538. The first-order valence-corrected chi connectivity index (χ1v) is 7.80. The minimum atomic E-state index is -3.49. The van der Waals surface area contributed by atoms with E-state index in [9.17, 15) is 12.8 Å². The highest BCUT2D eigenvalue weighted by Gasteiger charge is 2.32. The van der Waals surface area contributed by atoms with Gasteiger partial charge in [0.05, 0.1) is 4.90 Å².